The number of thioether (sulfide) groups is 1. The maximum atomic E-state index is 13.1. The van der Waals surface area contributed by atoms with Gasteiger partial charge in [0.15, 0.2) is 9.84 Å². The fraction of sp³-hybridized carbons (Fsp3) is 0.400. The van der Waals surface area contributed by atoms with Gasteiger partial charge >= 0.3 is 0 Å². The number of fused-ring (bicyclic) bond motifs is 1. The lowest BCUT2D eigenvalue weighted by Crippen LogP contribution is -2.41. The number of hydrogen-bond donors (Lipinski definition) is 0. The van der Waals surface area contributed by atoms with Crippen molar-refractivity contribution in [3.63, 3.8) is 0 Å². The van der Waals surface area contributed by atoms with Gasteiger partial charge in [-0.05, 0) is 31.9 Å². The van der Waals surface area contributed by atoms with E-state index in [1.807, 2.05) is 50.2 Å². The molecular formula is C20H23N5O3S2. The lowest BCUT2D eigenvalue weighted by molar-refractivity contribution is -0.130. The summed E-state index contributed by atoms with van der Waals surface area (Å²) in [6, 6.07) is 11.2. The van der Waals surface area contributed by atoms with Gasteiger partial charge in [-0.2, -0.15) is 4.98 Å². The van der Waals surface area contributed by atoms with E-state index in [2.05, 4.69) is 15.1 Å². The number of benzene rings is 1. The molecule has 1 aromatic carbocycles. The van der Waals surface area contributed by atoms with E-state index < -0.39 is 9.84 Å². The number of rotatable bonds is 6. The second-order valence-corrected chi connectivity index (χ2v) is 10.7. The molecule has 158 valence electrons. The number of carbonyl (C=O) groups excluding carboxylic acids is 1. The highest BCUT2D eigenvalue weighted by Gasteiger charge is 2.34. The molecule has 8 nitrogen and oxygen atoms in total. The Hall–Kier alpha value is -2.46. The van der Waals surface area contributed by atoms with Crippen LogP contribution in [-0.2, 0) is 21.2 Å². The van der Waals surface area contributed by atoms with Crippen LogP contribution in [0.15, 0.2) is 41.6 Å². The van der Waals surface area contributed by atoms with Crippen LogP contribution in [0.25, 0.3) is 5.78 Å². The predicted molar refractivity (Wildman–Crippen MR) is 115 cm³/mol. The second-order valence-electron chi connectivity index (χ2n) is 7.50. The third-order valence-electron chi connectivity index (χ3n) is 5.09. The van der Waals surface area contributed by atoms with Crippen LogP contribution in [0.1, 0.15) is 23.4 Å². The number of aromatic nitrogens is 4. The van der Waals surface area contributed by atoms with Crippen LogP contribution in [0.5, 0.6) is 0 Å². The maximum absolute atomic E-state index is 13.1. The van der Waals surface area contributed by atoms with E-state index in [0.29, 0.717) is 23.9 Å². The van der Waals surface area contributed by atoms with E-state index in [0.717, 1.165) is 17.0 Å². The lowest BCUT2D eigenvalue weighted by atomic mass is 10.1. The lowest BCUT2D eigenvalue weighted by Gasteiger charge is -2.28. The van der Waals surface area contributed by atoms with Gasteiger partial charge in [0.05, 0.1) is 17.3 Å². The largest absolute Gasteiger partial charge is 0.334 e. The molecule has 3 heterocycles. The maximum Gasteiger partial charge on any atom is 0.253 e. The molecule has 1 amide bonds. The van der Waals surface area contributed by atoms with Crippen LogP contribution in [0.4, 0.5) is 0 Å². The molecule has 0 unspecified atom stereocenters. The summed E-state index contributed by atoms with van der Waals surface area (Å²) in [5.74, 6) is 0.668. The topological polar surface area (TPSA) is 97.5 Å². The Morgan fingerprint density at radius 3 is 2.70 bits per heavy atom. The third-order valence-corrected chi connectivity index (χ3v) is 7.66. The molecule has 1 aliphatic rings. The summed E-state index contributed by atoms with van der Waals surface area (Å²) >= 11 is 1.24. The Balaban J connectivity index is 1.51. The number of nitrogens with zero attached hydrogens (tertiary/aromatic N) is 5. The van der Waals surface area contributed by atoms with Gasteiger partial charge in [-0.15, -0.1) is 5.10 Å². The SMILES string of the molecule is Cc1cc(C)n2nc(SCC(=O)N(Cc3ccccc3)[C@H]3CCS(=O)(=O)C3)nc2n1. The fourth-order valence-corrected chi connectivity index (χ4v) is 6.08. The molecular weight excluding hydrogens is 422 g/mol. The summed E-state index contributed by atoms with van der Waals surface area (Å²) in [6.45, 7) is 4.21. The number of hydrogen-bond acceptors (Lipinski definition) is 7. The highest BCUT2D eigenvalue weighted by Crippen LogP contribution is 2.23. The Morgan fingerprint density at radius 2 is 2.00 bits per heavy atom. The molecule has 0 spiro atoms. The van der Waals surface area contributed by atoms with Crippen LogP contribution >= 0.6 is 11.8 Å². The summed E-state index contributed by atoms with van der Waals surface area (Å²) in [5.41, 5.74) is 2.75. The van der Waals surface area contributed by atoms with Crippen LogP contribution in [0.3, 0.4) is 0 Å². The quantitative estimate of drug-likeness (QED) is 0.536. The van der Waals surface area contributed by atoms with Crippen molar-refractivity contribution in [3.05, 3.63) is 53.3 Å². The molecule has 4 rings (SSSR count). The molecule has 1 saturated heterocycles. The number of aryl methyl sites for hydroxylation is 2. The Bertz CT molecular complexity index is 1180. The summed E-state index contributed by atoms with van der Waals surface area (Å²) in [6.07, 6.45) is 0.473. The summed E-state index contributed by atoms with van der Waals surface area (Å²) in [7, 11) is -3.10. The van der Waals surface area contributed by atoms with Crippen molar-refractivity contribution in [1.29, 1.82) is 0 Å². The summed E-state index contributed by atoms with van der Waals surface area (Å²) in [4.78, 5) is 23.6. The highest BCUT2D eigenvalue weighted by atomic mass is 32.2. The zero-order valence-electron chi connectivity index (χ0n) is 16.9. The molecule has 1 aliphatic heterocycles. The van der Waals surface area contributed by atoms with Crippen molar-refractivity contribution in [2.45, 2.75) is 38.0 Å². The molecule has 1 atom stereocenters. The van der Waals surface area contributed by atoms with Crippen molar-refractivity contribution < 1.29 is 13.2 Å². The standard InChI is InChI=1S/C20H23N5O3S2/c1-14-10-15(2)25-19(21-14)22-20(23-25)29-12-18(26)24(11-16-6-4-3-5-7-16)17-8-9-30(27,28)13-17/h3-7,10,17H,8-9,11-13H2,1-2H3/t17-/m0/s1. The zero-order chi connectivity index (χ0) is 21.3. The number of sulfone groups is 1. The highest BCUT2D eigenvalue weighted by molar-refractivity contribution is 7.99. The van der Waals surface area contributed by atoms with E-state index in [9.17, 15) is 13.2 Å². The van der Waals surface area contributed by atoms with Gasteiger partial charge in [-0.1, -0.05) is 42.1 Å². The van der Waals surface area contributed by atoms with Crippen LogP contribution in [-0.4, -0.2) is 62.1 Å². The minimum absolute atomic E-state index is 0.0191. The molecule has 0 bridgehead atoms. The normalized spacial score (nSPS) is 18.0. The van der Waals surface area contributed by atoms with Gasteiger partial charge in [0.2, 0.25) is 11.1 Å². The van der Waals surface area contributed by atoms with Gasteiger partial charge in [-0.3, -0.25) is 4.79 Å². The van der Waals surface area contributed by atoms with Gasteiger partial charge in [-0.25, -0.2) is 17.9 Å². The van der Waals surface area contributed by atoms with Gasteiger partial charge < -0.3 is 4.90 Å². The molecule has 3 aromatic rings. The molecule has 0 radical (unpaired) electrons. The van der Waals surface area contributed by atoms with Crippen LogP contribution in [0.2, 0.25) is 0 Å². The third kappa shape index (κ3) is 4.65. The van der Waals surface area contributed by atoms with Crippen molar-refractivity contribution in [3.8, 4) is 0 Å². The van der Waals surface area contributed by atoms with Crippen molar-refractivity contribution >= 4 is 33.3 Å². The summed E-state index contributed by atoms with van der Waals surface area (Å²) < 4.78 is 25.6. The average Bonchev–Trinajstić information content (AvgIpc) is 3.27. The molecule has 0 aliphatic carbocycles. The fourth-order valence-electron chi connectivity index (χ4n) is 3.64. The summed E-state index contributed by atoms with van der Waals surface area (Å²) in [5, 5.41) is 4.90. The minimum atomic E-state index is -3.10. The zero-order valence-corrected chi connectivity index (χ0v) is 18.5. The predicted octanol–water partition coefficient (Wildman–Crippen LogP) is 2.05. The van der Waals surface area contributed by atoms with Crippen molar-refractivity contribution in [2.24, 2.45) is 0 Å². The first-order valence-electron chi connectivity index (χ1n) is 9.68. The average molecular weight is 446 g/mol. The molecule has 0 saturated carbocycles. The first kappa shape index (κ1) is 20.8. The van der Waals surface area contributed by atoms with Gasteiger partial charge in [0.1, 0.15) is 0 Å². The molecule has 0 N–H and O–H groups in total. The van der Waals surface area contributed by atoms with E-state index in [-0.39, 0.29) is 29.2 Å². The first-order chi connectivity index (χ1) is 14.3. The van der Waals surface area contributed by atoms with E-state index >= 15 is 0 Å². The Labute approximate surface area is 179 Å². The number of carbonyl (C=O) groups is 1. The van der Waals surface area contributed by atoms with E-state index in [1.165, 1.54) is 11.8 Å². The van der Waals surface area contributed by atoms with Crippen LogP contribution < -0.4 is 0 Å². The number of amides is 1. The molecule has 10 heteroatoms. The first-order valence-corrected chi connectivity index (χ1v) is 12.5. The van der Waals surface area contributed by atoms with Gasteiger partial charge in [0, 0.05) is 24.0 Å². The van der Waals surface area contributed by atoms with E-state index in [4.69, 9.17) is 0 Å². The van der Waals surface area contributed by atoms with E-state index in [1.54, 1.807) is 9.42 Å². The van der Waals surface area contributed by atoms with Crippen molar-refractivity contribution in [1.82, 2.24) is 24.5 Å². The van der Waals surface area contributed by atoms with Gasteiger partial charge in [0.25, 0.3) is 5.78 Å². The Kier molecular flexibility index (Phi) is 5.79. The second kappa shape index (κ2) is 8.35. The molecule has 2 aromatic heterocycles. The minimum Gasteiger partial charge on any atom is -0.334 e. The Morgan fingerprint density at radius 1 is 1.23 bits per heavy atom. The smallest absolute Gasteiger partial charge is 0.253 e. The monoisotopic (exact) mass is 445 g/mol. The molecule has 30 heavy (non-hydrogen) atoms. The van der Waals surface area contributed by atoms with Crippen LogP contribution in [0, 0.1) is 13.8 Å². The van der Waals surface area contributed by atoms with Crippen molar-refractivity contribution in [2.75, 3.05) is 17.3 Å². The molecule has 1 fully saturated rings.